The summed E-state index contributed by atoms with van der Waals surface area (Å²) in [7, 11) is 0. The number of halogens is 2. The summed E-state index contributed by atoms with van der Waals surface area (Å²) in [5, 5.41) is 12.8. The first-order valence-corrected chi connectivity index (χ1v) is 9.49. The number of likely N-dealkylation sites (tertiary alicyclic amines) is 1. The molecule has 0 atom stereocenters. The minimum atomic E-state index is -0.340. The molecule has 5 rings (SSSR count). The fourth-order valence-corrected chi connectivity index (χ4v) is 3.68. The highest BCUT2D eigenvalue weighted by molar-refractivity contribution is 5.89. The van der Waals surface area contributed by atoms with Gasteiger partial charge in [-0.3, -0.25) is 10.00 Å². The number of hydrogen-bond acceptors (Lipinski definition) is 5. The molecule has 1 N–H and O–H groups in total. The average Bonchev–Trinajstić information content (AvgIpc) is 3.31. The van der Waals surface area contributed by atoms with Gasteiger partial charge in [-0.2, -0.15) is 10.2 Å². The third-order valence-electron chi connectivity index (χ3n) is 5.24. The van der Waals surface area contributed by atoms with Gasteiger partial charge in [0.2, 0.25) is 5.82 Å². The summed E-state index contributed by atoms with van der Waals surface area (Å²) < 4.78 is 28.2. The Morgan fingerprint density at radius 3 is 2.83 bits per heavy atom. The molecule has 29 heavy (non-hydrogen) atoms. The second-order valence-electron chi connectivity index (χ2n) is 7.16. The number of aromatic amines is 1. The van der Waals surface area contributed by atoms with Gasteiger partial charge in [-0.15, -0.1) is 0 Å². The van der Waals surface area contributed by atoms with Crippen molar-refractivity contribution < 1.29 is 8.78 Å². The molecule has 1 aliphatic rings. The zero-order chi connectivity index (χ0) is 19.8. The molecule has 0 bridgehead atoms. The Kier molecular flexibility index (Phi) is 4.51. The molecule has 1 saturated heterocycles. The van der Waals surface area contributed by atoms with Crippen molar-refractivity contribution in [2.45, 2.75) is 12.5 Å². The monoisotopic (exact) mass is 395 g/mol. The largest absolute Gasteiger partial charge is 0.299 e. The Hall–Kier alpha value is -3.20. The van der Waals surface area contributed by atoms with E-state index in [0.717, 1.165) is 24.3 Å². The number of H-pyrrole nitrogens is 1. The Morgan fingerprint density at radius 2 is 2.00 bits per heavy atom. The number of nitrogens with one attached hydrogen (secondary N) is 1. The van der Waals surface area contributed by atoms with Crippen molar-refractivity contribution in [2.75, 3.05) is 26.3 Å². The zero-order valence-corrected chi connectivity index (χ0v) is 15.6. The maximum Gasteiger partial charge on any atom is 0.202 e. The van der Waals surface area contributed by atoms with Crippen molar-refractivity contribution in [1.29, 1.82) is 0 Å². The Bertz CT molecular complexity index is 1150. The number of rotatable bonds is 6. The number of alkyl halides is 1. The van der Waals surface area contributed by atoms with Gasteiger partial charge in [0.25, 0.3) is 0 Å². The lowest BCUT2D eigenvalue weighted by molar-refractivity contribution is 0.133. The molecule has 148 valence electrons. The maximum absolute atomic E-state index is 14.1. The van der Waals surface area contributed by atoms with Crippen molar-refractivity contribution in [3.05, 3.63) is 59.8 Å². The Labute approximate surface area is 165 Å². The SMILES string of the molecule is FCCN1CC(c2nc(-c3nn(Cc4ccccc4F)c4ncccc34)n[nH]2)C1. The minimum absolute atomic E-state index is 0.215. The quantitative estimate of drug-likeness (QED) is 0.543. The van der Waals surface area contributed by atoms with E-state index in [4.69, 9.17) is 0 Å². The molecular formula is C20H19F2N7. The van der Waals surface area contributed by atoms with E-state index >= 15 is 0 Å². The number of benzene rings is 1. The maximum atomic E-state index is 14.1. The highest BCUT2D eigenvalue weighted by Gasteiger charge is 2.31. The fourth-order valence-electron chi connectivity index (χ4n) is 3.68. The second-order valence-corrected chi connectivity index (χ2v) is 7.16. The van der Waals surface area contributed by atoms with Crippen LogP contribution in [-0.4, -0.2) is 61.2 Å². The Morgan fingerprint density at radius 1 is 1.14 bits per heavy atom. The van der Waals surface area contributed by atoms with E-state index < -0.39 is 0 Å². The number of fused-ring (bicyclic) bond motifs is 1. The third kappa shape index (κ3) is 3.27. The molecule has 3 aromatic heterocycles. The first kappa shape index (κ1) is 17.9. The normalized spacial score (nSPS) is 15.1. The molecule has 0 saturated carbocycles. The first-order valence-electron chi connectivity index (χ1n) is 9.49. The van der Waals surface area contributed by atoms with Crippen LogP contribution in [0.15, 0.2) is 42.6 Å². The molecule has 0 spiro atoms. The summed E-state index contributed by atoms with van der Waals surface area (Å²) in [6.07, 6.45) is 1.68. The predicted octanol–water partition coefficient (Wildman–Crippen LogP) is 2.77. The van der Waals surface area contributed by atoms with E-state index in [0.29, 0.717) is 29.3 Å². The molecule has 1 aromatic carbocycles. The summed E-state index contributed by atoms with van der Waals surface area (Å²) in [4.78, 5) is 11.1. The van der Waals surface area contributed by atoms with Gasteiger partial charge in [0.05, 0.1) is 11.9 Å². The second kappa shape index (κ2) is 7.32. The summed E-state index contributed by atoms with van der Waals surface area (Å²) >= 11 is 0. The molecule has 4 heterocycles. The van der Waals surface area contributed by atoms with E-state index in [-0.39, 0.29) is 25.0 Å². The molecule has 4 aromatic rings. The van der Waals surface area contributed by atoms with Crippen molar-refractivity contribution in [3.8, 4) is 11.5 Å². The minimum Gasteiger partial charge on any atom is -0.299 e. The molecule has 1 fully saturated rings. The summed E-state index contributed by atoms with van der Waals surface area (Å²) in [6.45, 7) is 1.91. The molecule has 0 aliphatic carbocycles. The van der Waals surface area contributed by atoms with Crippen LogP contribution in [0.5, 0.6) is 0 Å². The lowest BCUT2D eigenvalue weighted by Crippen LogP contribution is -2.46. The molecule has 1 aliphatic heterocycles. The van der Waals surface area contributed by atoms with Crippen molar-refractivity contribution in [2.24, 2.45) is 0 Å². The van der Waals surface area contributed by atoms with Crippen LogP contribution in [0.3, 0.4) is 0 Å². The number of aromatic nitrogens is 6. The predicted molar refractivity (Wildman–Crippen MR) is 104 cm³/mol. The third-order valence-corrected chi connectivity index (χ3v) is 5.24. The average molecular weight is 395 g/mol. The molecule has 9 heteroatoms. The van der Waals surface area contributed by atoms with Crippen LogP contribution in [0.2, 0.25) is 0 Å². The van der Waals surface area contributed by atoms with Crippen molar-refractivity contribution >= 4 is 11.0 Å². The number of nitrogens with zero attached hydrogens (tertiary/aromatic N) is 6. The van der Waals surface area contributed by atoms with Crippen LogP contribution in [0.25, 0.3) is 22.6 Å². The van der Waals surface area contributed by atoms with Gasteiger partial charge >= 0.3 is 0 Å². The first-order chi connectivity index (χ1) is 14.2. The smallest absolute Gasteiger partial charge is 0.202 e. The molecule has 0 amide bonds. The van der Waals surface area contributed by atoms with Gasteiger partial charge in [-0.25, -0.2) is 23.4 Å². The van der Waals surface area contributed by atoms with Crippen molar-refractivity contribution in [3.63, 3.8) is 0 Å². The van der Waals surface area contributed by atoms with E-state index in [2.05, 4.69) is 25.3 Å². The highest BCUT2D eigenvalue weighted by Crippen LogP contribution is 2.28. The lowest BCUT2D eigenvalue weighted by atomic mass is 10.00. The zero-order valence-electron chi connectivity index (χ0n) is 15.6. The van der Waals surface area contributed by atoms with E-state index in [1.807, 2.05) is 17.0 Å². The standard InChI is InChI=1S/C20H19F2N7/c21-7-9-28-10-14(11-28)18-24-19(26-25-18)17-15-5-3-8-23-20(15)29(27-17)12-13-4-1-2-6-16(13)22/h1-6,8,14H,7,9-12H2,(H,24,25,26). The van der Waals surface area contributed by atoms with E-state index in [1.54, 1.807) is 29.1 Å². The number of pyridine rings is 1. The number of hydrogen-bond donors (Lipinski definition) is 1. The van der Waals surface area contributed by atoms with E-state index in [9.17, 15) is 8.78 Å². The fraction of sp³-hybridized carbons (Fsp3) is 0.300. The van der Waals surface area contributed by atoms with Gasteiger partial charge in [-0.1, -0.05) is 18.2 Å². The summed E-state index contributed by atoms with van der Waals surface area (Å²) in [5.41, 5.74) is 1.79. The van der Waals surface area contributed by atoms with Gasteiger partial charge in [0.1, 0.15) is 24.0 Å². The molecule has 0 radical (unpaired) electrons. The molecular weight excluding hydrogens is 376 g/mol. The summed E-state index contributed by atoms with van der Waals surface area (Å²) in [6, 6.07) is 10.4. The van der Waals surface area contributed by atoms with Crippen LogP contribution in [-0.2, 0) is 6.54 Å². The van der Waals surface area contributed by atoms with Gasteiger partial charge < -0.3 is 0 Å². The van der Waals surface area contributed by atoms with Gasteiger partial charge in [-0.05, 0) is 18.2 Å². The Balaban J connectivity index is 1.46. The highest BCUT2D eigenvalue weighted by atomic mass is 19.1. The summed E-state index contributed by atoms with van der Waals surface area (Å²) in [5.74, 6) is 1.19. The van der Waals surface area contributed by atoms with Crippen LogP contribution >= 0.6 is 0 Å². The lowest BCUT2D eigenvalue weighted by Gasteiger charge is -2.37. The van der Waals surface area contributed by atoms with Crippen molar-refractivity contribution in [1.82, 2.24) is 34.8 Å². The van der Waals surface area contributed by atoms with Gasteiger partial charge in [0, 0.05) is 37.3 Å². The molecule has 7 nitrogen and oxygen atoms in total. The van der Waals surface area contributed by atoms with Crippen LogP contribution in [0, 0.1) is 5.82 Å². The van der Waals surface area contributed by atoms with Gasteiger partial charge in [0.15, 0.2) is 5.65 Å². The van der Waals surface area contributed by atoms with Crippen LogP contribution in [0.1, 0.15) is 17.3 Å². The van der Waals surface area contributed by atoms with E-state index in [1.165, 1.54) is 6.07 Å². The van der Waals surface area contributed by atoms with Crippen LogP contribution < -0.4 is 0 Å². The van der Waals surface area contributed by atoms with Crippen LogP contribution in [0.4, 0.5) is 8.78 Å². The topological polar surface area (TPSA) is 75.5 Å². The molecule has 0 unspecified atom stereocenters.